The first-order valence-corrected chi connectivity index (χ1v) is 3.80. The summed E-state index contributed by atoms with van der Waals surface area (Å²) in [5.41, 5.74) is 1.33. The van der Waals surface area contributed by atoms with Gasteiger partial charge in [-0.05, 0) is 18.1 Å². The first-order valence-electron chi connectivity index (χ1n) is 3.80. The van der Waals surface area contributed by atoms with Crippen molar-refractivity contribution >= 4 is 0 Å². The molecule has 0 saturated heterocycles. The number of terminal acetylenes is 1. The van der Waals surface area contributed by atoms with Crippen molar-refractivity contribution in [2.75, 3.05) is 14.2 Å². The average molecular weight is 177 g/mol. The predicted molar refractivity (Wildman–Crippen MR) is 48.9 cm³/mol. The van der Waals surface area contributed by atoms with Gasteiger partial charge in [0.05, 0.1) is 0 Å². The van der Waals surface area contributed by atoms with Crippen molar-refractivity contribution in [3.8, 4) is 12.3 Å². The Hall–Kier alpha value is -1.37. The summed E-state index contributed by atoms with van der Waals surface area (Å²) < 4.78 is 10.1. The minimum Gasteiger partial charge on any atom is -0.352 e. The van der Waals surface area contributed by atoms with Gasteiger partial charge in [-0.15, -0.1) is 6.42 Å². The normalized spacial score (nSPS) is 10.0. The summed E-state index contributed by atoms with van der Waals surface area (Å²) in [5, 5.41) is 0. The molecule has 0 atom stereocenters. The van der Waals surface area contributed by atoms with Crippen LogP contribution in [0, 0.1) is 12.3 Å². The molecule has 0 fully saturated rings. The summed E-state index contributed by atoms with van der Waals surface area (Å²) in [7, 11) is 3.11. The lowest BCUT2D eigenvalue weighted by Crippen LogP contribution is -2.06. The third-order valence-corrected chi connectivity index (χ3v) is 1.66. The Kier molecular flexibility index (Phi) is 3.44. The quantitative estimate of drug-likeness (QED) is 0.516. The molecule has 13 heavy (non-hydrogen) atoms. The Morgan fingerprint density at radius 3 is 2.69 bits per heavy atom. The third kappa shape index (κ3) is 2.05. The van der Waals surface area contributed by atoms with Crippen LogP contribution in [0.5, 0.6) is 0 Å². The van der Waals surface area contributed by atoms with E-state index in [1.807, 2.05) is 6.07 Å². The lowest BCUT2D eigenvalue weighted by Gasteiger charge is -2.14. The van der Waals surface area contributed by atoms with Gasteiger partial charge in [0.25, 0.3) is 0 Å². The van der Waals surface area contributed by atoms with E-state index in [4.69, 9.17) is 15.9 Å². The van der Waals surface area contributed by atoms with Gasteiger partial charge in [-0.2, -0.15) is 0 Å². The first kappa shape index (κ1) is 9.72. The van der Waals surface area contributed by atoms with Gasteiger partial charge in [0.15, 0.2) is 6.29 Å². The number of rotatable bonds is 3. The SMILES string of the molecule is C#Cc1ncccc1C(OC)OC. The Morgan fingerprint density at radius 1 is 1.46 bits per heavy atom. The van der Waals surface area contributed by atoms with E-state index < -0.39 is 6.29 Å². The number of nitrogens with zero attached hydrogens (tertiary/aromatic N) is 1. The Bertz CT molecular complexity index is 313. The van der Waals surface area contributed by atoms with E-state index >= 15 is 0 Å². The van der Waals surface area contributed by atoms with Crippen LogP contribution in [-0.4, -0.2) is 19.2 Å². The zero-order valence-electron chi connectivity index (χ0n) is 7.65. The number of hydrogen-bond acceptors (Lipinski definition) is 3. The highest BCUT2D eigenvalue weighted by atomic mass is 16.7. The molecule has 1 heterocycles. The van der Waals surface area contributed by atoms with E-state index in [9.17, 15) is 0 Å². The smallest absolute Gasteiger partial charge is 0.185 e. The molecular formula is C10H11NO2. The van der Waals surface area contributed by atoms with Crippen LogP contribution in [0.1, 0.15) is 17.5 Å². The fourth-order valence-electron chi connectivity index (χ4n) is 1.08. The summed E-state index contributed by atoms with van der Waals surface area (Å²) in [6, 6.07) is 3.63. The second kappa shape index (κ2) is 4.61. The molecule has 0 aliphatic heterocycles. The molecule has 68 valence electrons. The summed E-state index contributed by atoms with van der Waals surface area (Å²) >= 11 is 0. The monoisotopic (exact) mass is 177 g/mol. The van der Waals surface area contributed by atoms with Crippen molar-refractivity contribution < 1.29 is 9.47 Å². The standard InChI is InChI=1S/C10H11NO2/c1-4-9-8(6-5-7-11-9)10(12-2)13-3/h1,5-7,10H,2-3H3. The van der Waals surface area contributed by atoms with E-state index in [-0.39, 0.29) is 0 Å². The lowest BCUT2D eigenvalue weighted by molar-refractivity contribution is -0.106. The van der Waals surface area contributed by atoms with Crippen molar-refractivity contribution in [2.24, 2.45) is 0 Å². The number of ether oxygens (including phenoxy) is 2. The Morgan fingerprint density at radius 2 is 2.15 bits per heavy atom. The van der Waals surface area contributed by atoms with Crippen molar-refractivity contribution in [1.29, 1.82) is 0 Å². The second-order valence-electron chi connectivity index (χ2n) is 2.39. The van der Waals surface area contributed by atoms with Crippen molar-refractivity contribution in [2.45, 2.75) is 6.29 Å². The van der Waals surface area contributed by atoms with Gasteiger partial charge in [0.2, 0.25) is 0 Å². The van der Waals surface area contributed by atoms with Gasteiger partial charge < -0.3 is 9.47 Å². The van der Waals surface area contributed by atoms with E-state index in [0.717, 1.165) is 5.56 Å². The van der Waals surface area contributed by atoms with Crippen LogP contribution in [0.3, 0.4) is 0 Å². The molecule has 0 radical (unpaired) electrons. The van der Waals surface area contributed by atoms with Gasteiger partial charge in [0, 0.05) is 26.0 Å². The summed E-state index contributed by atoms with van der Waals surface area (Å²) in [6.45, 7) is 0. The number of pyridine rings is 1. The van der Waals surface area contributed by atoms with Crippen LogP contribution >= 0.6 is 0 Å². The van der Waals surface area contributed by atoms with Gasteiger partial charge >= 0.3 is 0 Å². The van der Waals surface area contributed by atoms with Crippen molar-refractivity contribution in [3.05, 3.63) is 29.6 Å². The second-order valence-corrected chi connectivity index (χ2v) is 2.39. The lowest BCUT2D eigenvalue weighted by atomic mass is 10.2. The minimum atomic E-state index is -0.445. The van der Waals surface area contributed by atoms with E-state index in [1.54, 1.807) is 26.5 Å². The molecule has 0 spiro atoms. The number of hydrogen-bond donors (Lipinski definition) is 0. The molecule has 1 aromatic heterocycles. The maximum atomic E-state index is 5.27. The maximum Gasteiger partial charge on any atom is 0.185 e. The topological polar surface area (TPSA) is 31.4 Å². The van der Waals surface area contributed by atoms with Crippen LogP contribution in [0.2, 0.25) is 0 Å². The van der Waals surface area contributed by atoms with Gasteiger partial charge in [0.1, 0.15) is 5.69 Å². The molecule has 0 N–H and O–H groups in total. The van der Waals surface area contributed by atoms with E-state index in [1.165, 1.54) is 0 Å². The maximum absolute atomic E-state index is 5.27. The Labute approximate surface area is 77.7 Å². The predicted octanol–water partition coefficient (Wildman–Crippen LogP) is 1.35. The first-order chi connectivity index (χ1) is 6.33. The van der Waals surface area contributed by atoms with E-state index in [0.29, 0.717) is 5.69 Å². The minimum absolute atomic E-state index is 0.445. The molecule has 0 aliphatic rings. The van der Waals surface area contributed by atoms with Crippen molar-refractivity contribution in [1.82, 2.24) is 4.98 Å². The molecule has 3 nitrogen and oxygen atoms in total. The highest BCUT2D eigenvalue weighted by Gasteiger charge is 2.12. The van der Waals surface area contributed by atoms with Crippen LogP contribution in [0.15, 0.2) is 18.3 Å². The average Bonchev–Trinajstić information content (AvgIpc) is 2.20. The molecule has 3 heteroatoms. The summed E-state index contributed by atoms with van der Waals surface area (Å²) in [4.78, 5) is 4.02. The molecule has 1 aromatic rings. The van der Waals surface area contributed by atoms with E-state index in [2.05, 4.69) is 10.9 Å². The molecule has 0 unspecified atom stereocenters. The van der Waals surface area contributed by atoms with Crippen molar-refractivity contribution in [3.63, 3.8) is 0 Å². The zero-order valence-corrected chi connectivity index (χ0v) is 7.65. The summed E-state index contributed by atoms with van der Waals surface area (Å²) in [5.74, 6) is 2.47. The number of aromatic nitrogens is 1. The molecule has 1 rings (SSSR count). The van der Waals surface area contributed by atoms with Gasteiger partial charge in [-0.1, -0.05) is 0 Å². The highest BCUT2D eigenvalue weighted by Crippen LogP contribution is 2.18. The highest BCUT2D eigenvalue weighted by molar-refractivity contribution is 5.34. The third-order valence-electron chi connectivity index (χ3n) is 1.66. The van der Waals surface area contributed by atoms with Gasteiger partial charge in [-0.25, -0.2) is 4.98 Å². The fourth-order valence-corrected chi connectivity index (χ4v) is 1.08. The van der Waals surface area contributed by atoms with Crippen LogP contribution in [0.4, 0.5) is 0 Å². The van der Waals surface area contributed by atoms with Crippen LogP contribution < -0.4 is 0 Å². The zero-order chi connectivity index (χ0) is 9.68. The molecule has 0 bridgehead atoms. The largest absolute Gasteiger partial charge is 0.352 e. The molecule has 0 aromatic carbocycles. The van der Waals surface area contributed by atoms with Crippen LogP contribution in [-0.2, 0) is 9.47 Å². The molecular weight excluding hydrogens is 166 g/mol. The fraction of sp³-hybridized carbons (Fsp3) is 0.300. The molecule has 0 saturated carbocycles. The molecule has 0 amide bonds. The van der Waals surface area contributed by atoms with Crippen LogP contribution in [0.25, 0.3) is 0 Å². The summed E-state index contributed by atoms with van der Waals surface area (Å²) in [6.07, 6.45) is 6.47. The Balaban J connectivity index is 3.05. The number of methoxy groups -OCH3 is 2. The molecule has 0 aliphatic carbocycles. The van der Waals surface area contributed by atoms with Gasteiger partial charge in [-0.3, -0.25) is 0 Å².